The van der Waals surface area contributed by atoms with Crippen LogP contribution in [0.15, 0.2) is 12.3 Å². The van der Waals surface area contributed by atoms with E-state index in [9.17, 15) is 4.79 Å². The van der Waals surface area contributed by atoms with Gasteiger partial charge in [-0.25, -0.2) is 0 Å². The van der Waals surface area contributed by atoms with Crippen molar-refractivity contribution in [2.24, 2.45) is 7.05 Å². The lowest BCUT2D eigenvalue weighted by Gasteiger charge is -2.04. The van der Waals surface area contributed by atoms with Crippen LogP contribution in [0.1, 0.15) is 31.9 Å². The summed E-state index contributed by atoms with van der Waals surface area (Å²) in [6.07, 6.45) is 2.48. The Morgan fingerprint density at radius 3 is 2.83 bits per heavy atom. The molecule has 0 aliphatic heterocycles. The quantitative estimate of drug-likeness (QED) is 0.682. The van der Waals surface area contributed by atoms with Gasteiger partial charge in [0, 0.05) is 25.6 Å². The smallest absolute Gasteiger partial charge is 0.130 e. The molecule has 0 aliphatic rings. The molecule has 0 aromatic carbocycles. The number of aryl methyl sites for hydroxylation is 1. The topological polar surface area (TPSA) is 34.9 Å². The Hall–Kier alpha value is -1.12. The number of hydrogen-bond acceptors (Lipinski definition) is 2. The van der Waals surface area contributed by atoms with E-state index < -0.39 is 0 Å². The van der Waals surface area contributed by atoms with Gasteiger partial charge in [-0.15, -0.1) is 0 Å². The summed E-state index contributed by atoms with van der Waals surface area (Å²) in [5, 5.41) is 4.23. The van der Waals surface area contributed by atoms with Gasteiger partial charge in [0.1, 0.15) is 5.78 Å². The maximum atomic E-state index is 10.8. The molecule has 3 heteroatoms. The normalized spacial score (nSPS) is 12.9. The van der Waals surface area contributed by atoms with Crippen molar-refractivity contribution < 1.29 is 4.79 Å². The zero-order valence-electron chi connectivity index (χ0n) is 7.74. The number of carbonyl (C=O) groups is 1. The first kappa shape index (κ1) is 8.97. The molecule has 1 unspecified atom stereocenters. The molecule has 1 rings (SSSR count). The molecule has 0 radical (unpaired) electrons. The lowest BCUT2D eigenvalue weighted by atomic mass is 10.0. The fourth-order valence-electron chi connectivity index (χ4n) is 1.23. The van der Waals surface area contributed by atoms with Crippen molar-refractivity contribution in [3.8, 4) is 0 Å². The molecule has 0 saturated heterocycles. The van der Waals surface area contributed by atoms with Crippen LogP contribution >= 0.6 is 0 Å². The van der Waals surface area contributed by atoms with Crippen molar-refractivity contribution in [1.29, 1.82) is 0 Å². The number of aromatic nitrogens is 2. The predicted octanol–water partition coefficient (Wildman–Crippen LogP) is 1.50. The fourth-order valence-corrected chi connectivity index (χ4v) is 1.23. The van der Waals surface area contributed by atoms with Gasteiger partial charge in [0.05, 0.1) is 5.69 Å². The van der Waals surface area contributed by atoms with Crippen LogP contribution in [0.25, 0.3) is 0 Å². The van der Waals surface area contributed by atoms with Gasteiger partial charge >= 0.3 is 0 Å². The van der Waals surface area contributed by atoms with Crippen LogP contribution in [-0.2, 0) is 11.8 Å². The van der Waals surface area contributed by atoms with E-state index in [0.717, 1.165) is 5.69 Å². The third kappa shape index (κ3) is 2.19. The van der Waals surface area contributed by atoms with Gasteiger partial charge in [0.15, 0.2) is 0 Å². The van der Waals surface area contributed by atoms with Crippen LogP contribution in [0.3, 0.4) is 0 Å². The van der Waals surface area contributed by atoms with Gasteiger partial charge in [-0.2, -0.15) is 5.10 Å². The molecule has 0 saturated carbocycles. The molecule has 1 aromatic rings. The Morgan fingerprint density at radius 1 is 1.75 bits per heavy atom. The number of hydrogen-bond donors (Lipinski definition) is 0. The maximum absolute atomic E-state index is 10.8. The number of rotatable bonds is 3. The van der Waals surface area contributed by atoms with Crippen LogP contribution in [0.4, 0.5) is 0 Å². The highest BCUT2D eigenvalue weighted by Crippen LogP contribution is 2.16. The van der Waals surface area contributed by atoms with Gasteiger partial charge in [0.25, 0.3) is 0 Å². The Bertz CT molecular complexity index is 278. The Labute approximate surface area is 72.4 Å². The van der Waals surface area contributed by atoms with Crippen LogP contribution in [0.5, 0.6) is 0 Å². The molecule has 66 valence electrons. The third-order valence-electron chi connectivity index (χ3n) is 1.83. The molecule has 12 heavy (non-hydrogen) atoms. The third-order valence-corrected chi connectivity index (χ3v) is 1.83. The van der Waals surface area contributed by atoms with E-state index in [2.05, 4.69) is 5.10 Å². The molecular weight excluding hydrogens is 152 g/mol. The van der Waals surface area contributed by atoms with Crippen molar-refractivity contribution in [2.45, 2.75) is 26.2 Å². The van der Waals surface area contributed by atoms with Gasteiger partial charge in [-0.3, -0.25) is 4.68 Å². The minimum Gasteiger partial charge on any atom is -0.300 e. The minimum atomic E-state index is 0.216. The first-order valence-corrected chi connectivity index (χ1v) is 4.08. The average molecular weight is 166 g/mol. The predicted molar refractivity (Wildman–Crippen MR) is 46.9 cm³/mol. The van der Waals surface area contributed by atoms with Crippen LogP contribution < -0.4 is 0 Å². The molecule has 0 bridgehead atoms. The summed E-state index contributed by atoms with van der Waals surface area (Å²) in [6, 6.07) is 1.95. The van der Waals surface area contributed by atoms with Gasteiger partial charge < -0.3 is 4.79 Å². The first-order valence-electron chi connectivity index (χ1n) is 4.08. The summed E-state index contributed by atoms with van der Waals surface area (Å²) >= 11 is 0. The van der Waals surface area contributed by atoms with Gasteiger partial charge in [-0.05, 0) is 13.0 Å². The summed E-state index contributed by atoms with van der Waals surface area (Å²) in [7, 11) is 1.88. The van der Waals surface area contributed by atoms with E-state index >= 15 is 0 Å². The standard InChI is InChI=1S/C9H14N2O/c1-7(6-8(2)12)9-4-5-11(3)10-9/h4-5,7H,6H2,1-3H3. The molecule has 3 nitrogen and oxygen atoms in total. The highest BCUT2D eigenvalue weighted by Gasteiger charge is 2.09. The molecule has 1 aromatic heterocycles. The van der Waals surface area contributed by atoms with Crippen LogP contribution in [0, 0.1) is 0 Å². The summed E-state index contributed by atoms with van der Waals surface area (Å²) < 4.78 is 1.76. The summed E-state index contributed by atoms with van der Waals surface area (Å²) in [5.41, 5.74) is 0.993. The summed E-state index contributed by atoms with van der Waals surface area (Å²) in [4.78, 5) is 10.8. The van der Waals surface area contributed by atoms with Crippen molar-refractivity contribution in [3.63, 3.8) is 0 Å². The number of nitrogens with zero attached hydrogens (tertiary/aromatic N) is 2. The van der Waals surface area contributed by atoms with Crippen molar-refractivity contribution in [2.75, 3.05) is 0 Å². The summed E-state index contributed by atoms with van der Waals surface area (Å²) in [6.45, 7) is 3.63. The lowest BCUT2D eigenvalue weighted by molar-refractivity contribution is -0.117. The molecule has 0 amide bonds. The second-order valence-corrected chi connectivity index (χ2v) is 3.22. The summed E-state index contributed by atoms with van der Waals surface area (Å²) in [5.74, 6) is 0.455. The molecule has 0 fully saturated rings. The Morgan fingerprint density at radius 2 is 2.42 bits per heavy atom. The van der Waals surface area contributed by atoms with Crippen LogP contribution in [-0.4, -0.2) is 15.6 Å². The monoisotopic (exact) mass is 166 g/mol. The highest BCUT2D eigenvalue weighted by molar-refractivity contribution is 5.76. The molecule has 0 N–H and O–H groups in total. The lowest BCUT2D eigenvalue weighted by Crippen LogP contribution is -2.01. The molecular formula is C9H14N2O. The largest absolute Gasteiger partial charge is 0.300 e. The van der Waals surface area contributed by atoms with Gasteiger partial charge in [0.2, 0.25) is 0 Å². The van der Waals surface area contributed by atoms with E-state index in [1.165, 1.54) is 0 Å². The molecule has 1 atom stereocenters. The zero-order valence-corrected chi connectivity index (χ0v) is 7.74. The first-order chi connectivity index (χ1) is 5.59. The van der Waals surface area contributed by atoms with E-state index in [-0.39, 0.29) is 11.7 Å². The van der Waals surface area contributed by atoms with Gasteiger partial charge in [-0.1, -0.05) is 6.92 Å². The van der Waals surface area contributed by atoms with E-state index in [0.29, 0.717) is 6.42 Å². The molecule has 1 heterocycles. The fraction of sp³-hybridized carbons (Fsp3) is 0.556. The van der Waals surface area contributed by atoms with E-state index in [1.807, 2.05) is 26.2 Å². The molecule has 0 aliphatic carbocycles. The number of Topliss-reactive ketones (excluding diaryl/α,β-unsaturated/α-hetero) is 1. The van der Waals surface area contributed by atoms with Crippen molar-refractivity contribution in [3.05, 3.63) is 18.0 Å². The Kier molecular flexibility index (Phi) is 2.63. The average Bonchev–Trinajstić information content (AvgIpc) is 2.34. The number of ketones is 1. The zero-order chi connectivity index (χ0) is 9.14. The van der Waals surface area contributed by atoms with Crippen molar-refractivity contribution >= 4 is 5.78 Å². The highest BCUT2D eigenvalue weighted by atomic mass is 16.1. The van der Waals surface area contributed by atoms with Crippen LogP contribution in [0.2, 0.25) is 0 Å². The SMILES string of the molecule is CC(=O)CC(C)c1ccn(C)n1. The number of carbonyl (C=O) groups excluding carboxylic acids is 1. The second kappa shape index (κ2) is 3.52. The Balaban J connectivity index is 2.64. The van der Waals surface area contributed by atoms with E-state index in [4.69, 9.17) is 0 Å². The minimum absolute atomic E-state index is 0.216. The second-order valence-electron chi connectivity index (χ2n) is 3.22. The maximum Gasteiger partial charge on any atom is 0.130 e. The van der Waals surface area contributed by atoms with Crippen molar-refractivity contribution in [1.82, 2.24) is 9.78 Å². The van der Waals surface area contributed by atoms with E-state index in [1.54, 1.807) is 11.6 Å². The molecule has 0 spiro atoms.